The number of likely N-dealkylation sites (N-methyl/N-ethyl adjacent to an activating group) is 1. The zero-order valence-corrected chi connectivity index (χ0v) is 11.7. The Hall–Kier alpha value is -1.19. The second-order valence-corrected chi connectivity index (χ2v) is 4.99. The van der Waals surface area contributed by atoms with E-state index in [1.54, 1.807) is 0 Å². The summed E-state index contributed by atoms with van der Waals surface area (Å²) >= 11 is 6.08. The number of nitrogens with one attached hydrogen (secondary N) is 2. The van der Waals surface area contributed by atoms with Crippen molar-refractivity contribution in [3.8, 4) is 0 Å². The van der Waals surface area contributed by atoms with Crippen molar-refractivity contribution in [2.75, 3.05) is 25.1 Å². The molecule has 0 amide bonds. The molecular formula is C14H20ClN3. The van der Waals surface area contributed by atoms with Gasteiger partial charge in [-0.15, -0.1) is 0 Å². The lowest BCUT2D eigenvalue weighted by Gasteiger charge is -2.25. The zero-order valence-electron chi connectivity index (χ0n) is 11.0. The highest BCUT2D eigenvalue weighted by molar-refractivity contribution is 6.31. The van der Waals surface area contributed by atoms with Gasteiger partial charge in [0, 0.05) is 30.2 Å². The van der Waals surface area contributed by atoms with E-state index in [0.717, 1.165) is 42.3 Å². The molecule has 98 valence electrons. The van der Waals surface area contributed by atoms with Gasteiger partial charge in [0.25, 0.3) is 0 Å². The molecule has 0 spiro atoms. The molecule has 0 atom stereocenters. The number of aryl methyl sites for hydroxylation is 1. The van der Waals surface area contributed by atoms with Crippen LogP contribution in [0.15, 0.2) is 30.0 Å². The first kappa shape index (κ1) is 13.2. The SMILES string of the molecule is CCN1CC=C(NNc2ccc(C)c(Cl)c2)CC1. The van der Waals surface area contributed by atoms with Crippen molar-refractivity contribution >= 4 is 17.3 Å². The molecule has 0 unspecified atom stereocenters. The van der Waals surface area contributed by atoms with Gasteiger partial charge >= 0.3 is 0 Å². The lowest BCUT2D eigenvalue weighted by atomic mass is 10.2. The van der Waals surface area contributed by atoms with Gasteiger partial charge in [-0.2, -0.15) is 0 Å². The van der Waals surface area contributed by atoms with Crippen molar-refractivity contribution in [3.05, 3.63) is 40.6 Å². The average molecular weight is 266 g/mol. The van der Waals surface area contributed by atoms with Crippen LogP contribution in [0.2, 0.25) is 5.02 Å². The number of benzene rings is 1. The molecule has 0 aliphatic carbocycles. The van der Waals surface area contributed by atoms with Gasteiger partial charge in [0.15, 0.2) is 0 Å². The third kappa shape index (κ3) is 3.40. The van der Waals surface area contributed by atoms with Crippen LogP contribution in [0.3, 0.4) is 0 Å². The topological polar surface area (TPSA) is 27.3 Å². The number of hydrogen-bond acceptors (Lipinski definition) is 3. The second-order valence-electron chi connectivity index (χ2n) is 4.59. The normalized spacial score (nSPS) is 16.3. The second kappa shape index (κ2) is 6.12. The maximum absolute atomic E-state index is 6.08. The summed E-state index contributed by atoms with van der Waals surface area (Å²) in [7, 11) is 0. The zero-order chi connectivity index (χ0) is 13.0. The maximum atomic E-state index is 6.08. The maximum Gasteiger partial charge on any atom is 0.0554 e. The fourth-order valence-corrected chi connectivity index (χ4v) is 2.12. The minimum absolute atomic E-state index is 0.789. The molecule has 0 bridgehead atoms. The smallest absolute Gasteiger partial charge is 0.0554 e. The van der Waals surface area contributed by atoms with Crippen LogP contribution < -0.4 is 10.9 Å². The van der Waals surface area contributed by atoms with E-state index >= 15 is 0 Å². The van der Waals surface area contributed by atoms with E-state index < -0.39 is 0 Å². The predicted octanol–water partition coefficient (Wildman–Crippen LogP) is 3.17. The van der Waals surface area contributed by atoms with E-state index in [-0.39, 0.29) is 0 Å². The highest BCUT2D eigenvalue weighted by atomic mass is 35.5. The first-order valence-corrected chi connectivity index (χ1v) is 6.76. The highest BCUT2D eigenvalue weighted by Gasteiger charge is 2.09. The first-order valence-electron chi connectivity index (χ1n) is 6.38. The largest absolute Gasteiger partial charge is 0.305 e. The Balaban J connectivity index is 1.88. The van der Waals surface area contributed by atoms with Crippen molar-refractivity contribution in [1.82, 2.24) is 10.3 Å². The summed E-state index contributed by atoms with van der Waals surface area (Å²) in [6.07, 6.45) is 3.29. The lowest BCUT2D eigenvalue weighted by Crippen LogP contribution is -2.33. The molecule has 0 aromatic heterocycles. The molecule has 4 heteroatoms. The molecule has 1 heterocycles. The van der Waals surface area contributed by atoms with Crippen LogP contribution in [0.25, 0.3) is 0 Å². The van der Waals surface area contributed by atoms with E-state index in [9.17, 15) is 0 Å². The average Bonchev–Trinajstić information content (AvgIpc) is 2.41. The van der Waals surface area contributed by atoms with E-state index in [2.05, 4.69) is 28.8 Å². The van der Waals surface area contributed by atoms with E-state index in [1.165, 1.54) is 5.70 Å². The molecule has 2 N–H and O–H groups in total. The summed E-state index contributed by atoms with van der Waals surface area (Å²) in [6, 6.07) is 5.97. The van der Waals surface area contributed by atoms with Crippen molar-refractivity contribution < 1.29 is 0 Å². The van der Waals surface area contributed by atoms with Crippen LogP contribution in [0.4, 0.5) is 5.69 Å². The van der Waals surface area contributed by atoms with Crippen LogP contribution >= 0.6 is 11.6 Å². The lowest BCUT2D eigenvalue weighted by molar-refractivity contribution is 0.306. The predicted molar refractivity (Wildman–Crippen MR) is 77.8 cm³/mol. The van der Waals surface area contributed by atoms with Gasteiger partial charge in [-0.05, 0) is 37.2 Å². The Morgan fingerprint density at radius 3 is 2.78 bits per heavy atom. The molecule has 1 aromatic carbocycles. The molecule has 2 rings (SSSR count). The molecule has 1 aliphatic rings. The van der Waals surface area contributed by atoms with E-state index in [1.807, 2.05) is 25.1 Å². The number of hydrogen-bond donors (Lipinski definition) is 2. The van der Waals surface area contributed by atoms with Gasteiger partial charge in [-0.25, -0.2) is 0 Å². The summed E-state index contributed by atoms with van der Waals surface area (Å²) in [6.45, 7) is 7.45. The molecule has 0 fully saturated rings. The molecule has 18 heavy (non-hydrogen) atoms. The van der Waals surface area contributed by atoms with Gasteiger partial charge in [0.1, 0.15) is 0 Å². The van der Waals surface area contributed by atoms with Gasteiger partial charge in [-0.3, -0.25) is 4.90 Å². The van der Waals surface area contributed by atoms with Gasteiger partial charge in [-0.1, -0.05) is 24.6 Å². The number of hydrazine groups is 1. The molecule has 0 radical (unpaired) electrons. The summed E-state index contributed by atoms with van der Waals surface area (Å²) in [5, 5.41) is 0.789. The molecule has 3 nitrogen and oxygen atoms in total. The Morgan fingerprint density at radius 2 is 2.17 bits per heavy atom. The van der Waals surface area contributed by atoms with Gasteiger partial charge in [0.2, 0.25) is 0 Å². The molecule has 1 aliphatic heterocycles. The number of halogens is 1. The van der Waals surface area contributed by atoms with Crippen molar-refractivity contribution in [3.63, 3.8) is 0 Å². The fraction of sp³-hybridized carbons (Fsp3) is 0.429. The van der Waals surface area contributed by atoms with Crippen LogP contribution in [0.1, 0.15) is 18.9 Å². The standard InChI is InChI=1S/C14H20ClN3/c1-3-18-8-6-12(7-9-18)16-17-13-5-4-11(2)14(15)10-13/h4-6,10,16-17H,3,7-9H2,1-2H3. The van der Waals surface area contributed by atoms with Gasteiger partial charge < -0.3 is 10.9 Å². The number of nitrogens with zero attached hydrogens (tertiary/aromatic N) is 1. The quantitative estimate of drug-likeness (QED) is 0.819. The Kier molecular flexibility index (Phi) is 4.50. The third-order valence-corrected chi connectivity index (χ3v) is 3.69. The number of anilines is 1. The van der Waals surface area contributed by atoms with Crippen LogP contribution in [-0.2, 0) is 0 Å². The van der Waals surface area contributed by atoms with Crippen molar-refractivity contribution in [1.29, 1.82) is 0 Å². The van der Waals surface area contributed by atoms with Crippen LogP contribution in [-0.4, -0.2) is 24.5 Å². The monoisotopic (exact) mass is 265 g/mol. The molecule has 0 saturated carbocycles. The molecule has 0 saturated heterocycles. The summed E-state index contributed by atoms with van der Waals surface area (Å²) < 4.78 is 0. The Labute approximate surface area is 114 Å². The minimum Gasteiger partial charge on any atom is -0.305 e. The van der Waals surface area contributed by atoms with Crippen molar-refractivity contribution in [2.24, 2.45) is 0 Å². The van der Waals surface area contributed by atoms with E-state index in [0.29, 0.717) is 0 Å². The molecular weight excluding hydrogens is 246 g/mol. The minimum atomic E-state index is 0.789. The third-order valence-electron chi connectivity index (χ3n) is 3.28. The Morgan fingerprint density at radius 1 is 1.33 bits per heavy atom. The van der Waals surface area contributed by atoms with Crippen molar-refractivity contribution in [2.45, 2.75) is 20.3 Å². The molecule has 1 aromatic rings. The Bertz CT molecular complexity index is 443. The summed E-state index contributed by atoms with van der Waals surface area (Å²) in [4.78, 5) is 2.41. The fourth-order valence-electron chi connectivity index (χ4n) is 1.94. The van der Waals surface area contributed by atoms with Gasteiger partial charge in [0.05, 0.1) is 5.69 Å². The first-order chi connectivity index (χ1) is 8.69. The highest BCUT2D eigenvalue weighted by Crippen LogP contribution is 2.19. The summed E-state index contributed by atoms with van der Waals surface area (Å²) in [5.74, 6) is 0. The van der Waals surface area contributed by atoms with Crippen LogP contribution in [0, 0.1) is 6.92 Å². The van der Waals surface area contributed by atoms with Crippen LogP contribution in [0.5, 0.6) is 0 Å². The number of rotatable bonds is 4. The summed E-state index contributed by atoms with van der Waals surface area (Å²) in [5.41, 5.74) is 9.78. The van der Waals surface area contributed by atoms with E-state index in [4.69, 9.17) is 11.6 Å².